The van der Waals surface area contributed by atoms with Crippen LogP contribution >= 0.6 is 0 Å². The fourth-order valence-corrected chi connectivity index (χ4v) is 2.63. The van der Waals surface area contributed by atoms with Gasteiger partial charge in [0.15, 0.2) is 0 Å². The summed E-state index contributed by atoms with van der Waals surface area (Å²) in [5.41, 5.74) is 8.31. The Labute approximate surface area is 91.7 Å². The zero-order valence-electron chi connectivity index (χ0n) is 9.79. The van der Waals surface area contributed by atoms with E-state index in [2.05, 4.69) is 23.4 Å². The zero-order valence-corrected chi connectivity index (χ0v) is 9.79. The van der Waals surface area contributed by atoms with E-state index in [1.54, 1.807) is 0 Å². The van der Waals surface area contributed by atoms with Gasteiger partial charge in [-0.2, -0.15) is 0 Å². The van der Waals surface area contributed by atoms with Crippen molar-refractivity contribution in [3.8, 4) is 0 Å². The molecule has 0 spiro atoms. The summed E-state index contributed by atoms with van der Waals surface area (Å²) in [6.07, 6.45) is 4.81. The molecule has 1 unspecified atom stereocenters. The first-order valence-corrected chi connectivity index (χ1v) is 6.06. The van der Waals surface area contributed by atoms with E-state index in [-0.39, 0.29) is 0 Å². The molecular weight excluding hydrogens is 186 g/mol. The quantitative estimate of drug-likeness (QED) is 0.825. The zero-order chi connectivity index (χ0) is 10.8. The van der Waals surface area contributed by atoms with E-state index in [1.165, 1.54) is 24.4 Å². The number of fused-ring (bicyclic) bond motifs is 1. The molecule has 3 heteroatoms. The molecule has 15 heavy (non-hydrogen) atoms. The van der Waals surface area contributed by atoms with Crippen LogP contribution < -0.4 is 5.73 Å². The third-order valence-electron chi connectivity index (χ3n) is 3.31. The molecule has 0 amide bonds. The van der Waals surface area contributed by atoms with Gasteiger partial charge < -0.3 is 10.3 Å². The van der Waals surface area contributed by atoms with Gasteiger partial charge in [0, 0.05) is 25.2 Å². The van der Waals surface area contributed by atoms with Crippen molar-refractivity contribution in [3.05, 3.63) is 17.2 Å². The lowest BCUT2D eigenvalue weighted by atomic mass is 9.96. The highest BCUT2D eigenvalue weighted by Gasteiger charge is 2.23. The van der Waals surface area contributed by atoms with Gasteiger partial charge in [0.05, 0.1) is 5.69 Å². The highest BCUT2D eigenvalue weighted by atomic mass is 15.1. The Kier molecular flexibility index (Phi) is 3.10. The molecule has 84 valence electrons. The fraction of sp³-hybridized carbons (Fsp3) is 0.750. The highest BCUT2D eigenvalue weighted by molar-refractivity contribution is 5.22. The molecule has 1 aromatic rings. The van der Waals surface area contributed by atoms with E-state index < -0.39 is 0 Å². The van der Waals surface area contributed by atoms with Gasteiger partial charge in [0.1, 0.15) is 5.82 Å². The molecule has 0 radical (unpaired) electrons. The third-order valence-corrected chi connectivity index (χ3v) is 3.31. The predicted molar refractivity (Wildman–Crippen MR) is 61.8 cm³/mol. The number of nitrogens with two attached hydrogens (primary N) is 1. The fourth-order valence-electron chi connectivity index (χ4n) is 2.63. The summed E-state index contributed by atoms with van der Waals surface area (Å²) in [5, 5.41) is 0. The van der Waals surface area contributed by atoms with Crippen LogP contribution in [0.1, 0.15) is 56.2 Å². The Balaban J connectivity index is 2.42. The summed E-state index contributed by atoms with van der Waals surface area (Å²) in [6, 6.07) is 0. The van der Waals surface area contributed by atoms with E-state index in [9.17, 15) is 0 Å². The summed E-state index contributed by atoms with van der Waals surface area (Å²) < 4.78 is 2.42. The summed E-state index contributed by atoms with van der Waals surface area (Å²) >= 11 is 0. The van der Waals surface area contributed by atoms with Crippen LogP contribution in [0.5, 0.6) is 0 Å². The highest BCUT2D eigenvalue weighted by Crippen LogP contribution is 2.30. The van der Waals surface area contributed by atoms with E-state index in [0.29, 0.717) is 12.5 Å². The van der Waals surface area contributed by atoms with Crippen LogP contribution in [0.4, 0.5) is 0 Å². The number of aryl methyl sites for hydroxylation is 1. The van der Waals surface area contributed by atoms with E-state index in [4.69, 9.17) is 5.73 Å². The standard InChI is InChI=1S/C12H21N3/c1-3-5-11-14-10(8-13)12-9(2)6-4-7-15(11)12/h9H,3-8,13H2,1-2H3. The minimum atomic E-state index is 0.587. The molecule has 2 heterocycles. The first-order chi connectivity index (χ1) is 7.27. The number of imidazole rings is 1. The van der Waals surface area contributed by atoms with E-state index >= 15 is 0 Å². The monoisotopic (exact) mass is 207 g/mol. The molecule has 0 bridgehead atoms. The van der Waals surface area contributed by atoms with Crippen LogP contribution in [0.3, 0.4) is 0 Å². The maximum Gasteiger partial charge on any atom is 0.109 e. The molecule has 1 aromatic heterocycles. The second kappa shape index (κ2) is 4.35. The second-order valence-corrected chi connectivity index (χ2v) is 4.51. The van der Waals surface area contributed by atoms with Gasteiger partial charge in [-0.15, -0.1) is 0 Å². The number of nitrogens with zero attached hydrogens (tertiary/aromatic N) is 2. The van der Waals surface area contributed by atoms with Gasteiger partial charge in [-0.1, -0.05) is 13.8 Å². The number of aromatic nitrogens is 2. The van der Waals surface area contributed by atoms with Gasteiger partial charge in [0.2, 0.25) is 0 Å². The molecule has 0 aliphatic carbocycles. The van der Waals surface area contributed by atoms with Gasteiger partial charge in [-0.3, -0.25) is 0 Å². The van der Waals surface area contributed by atoms with Crippen LogP contribution in [0, 0.1) is 0 Å². The molecule has 0 saturated carbocycles. The second-order valence-electron chi connectivity index (χ2n) is 4.51. The molecular formula is C12H21N3. The number of hydrogen-bond donors (Lipinski definition) is 1. The van der Waals surface area contributed by atoms with Crippen molar-refractivity contribution in [2.75, 3.05) is 0 Å². The third kappa shape index (κ3) is 1.81. The Morgan fingerprint density at radius 1 is 1.53 bits per heavy atom. The van der Waals surface area contributed by atoms with Gasteiger partial charge >= 0.3 is 0 Å². The minimum Gasteiger partial charge on any atom is -0.331 e. The summed E-state index contributed by atoms with van der Waals surface area (Å²) in [4.78, 5) is 4.69. The van der Waals surface area contributed by atoms with Gasteiger partial charge in [-0.05, 0) is 25.2 Å². The molecule has 2 N–H and O–H groups in total. The first-order valence-electron chi connectivity index (χ1n) is 6.06. The lowest BCUT2D eigenvalue weighted by Gasteiger charge is -2.23. The Hall–Kier alpha value is -0.830. The van der Waals surface area contributed by atoms with Gasteiger partial charge in [0.25, 0.3) is 0 Å². The van der Waals surface area contributed by atoms with Crippen molar-refractivity contribution in [1.82, 2.24) is 9.55 Å². The average molecular weight is 207 g/mol. The van der Waals surface area contributed by atoms with Crippen molar-refractivity contribution >= 4 is 0 Å². The van der Waals surface area contributed by atoms with Crippen molar-refractivity contribution < 1.29 is 0 Å². The van der Waals surface area contributed by atoms with Crippen molar-refractivity contribution in [1.29, 1.82) is 0 Å². The van der Waals surface area contributed by atoms with Crippen LogP contribution in [-0.4, -0.2) is 9.55 Å². The van der Waals surface area contributed by atoms with Crippen LogP contribution in [-0.2, 0) is 19.5 Å². The smallest absolute Gasteiger partial charge is 0.109 e. The Morgan fingerprint density at radius 3 is 3.00 bits per heavy atom. The lowest BCUT2D eigenvalue weighted by molar-refractivity contribution is 0.459. The molecule has 0 saturated heterocycles. The predicted octanol–water partition coefficient (Wildman–Crippen LogP) is 2.19. The largest absolute Gasteiger partial charge is 0.331 e. The maximum atomic E-state index is 5.77. The van der Waals surface area contributed by atoms with Gasteiger partial charge in [-0.25, -0.2) is 4.98 Å². The van der Waals surface area contributed by atoms with E-state index in [0.717, 1.165) is 25.1 Å². The van der Waals surface area contributed by atoms with E-state index in [1.807, 2.05) is 0 Å². The van der Waals surface area contributed by atoms with Crippen LogP contribution in [0.15, 0.2) is 0 Å². The summed E-state index contributed by atoms with van der Waals surface area (Å²) in [5.74, 6) is 1.88. The molecule has 1 aliphatic heterocycles. The Bertz CT molecular complexity index is 341. The Morgan fingerprint density at radius 2 is 2.33 bits per heavy atom. The minimum absolute atomic E-state index is 0.587. The molecule has 0 aromatic carbocycles. The van der Waals surface area contributed by atoms with Crippen molar-refractivity contribution in [3.63, 3.8) is 0 Å². The SMILES string of the molecule is CCCc1nc(CN)c2n1CCCC2C. The maximum absolute atomic E-state index is 5.77. The van der Waals surface area contributed by atoms with Crippen molar-refractivity contribution in [2.24, 2.45) is 5.73 Å². The molecule has 1 atom stereocenters. The summed E-state index contributed by atoms with van der Waals surface area (Å²) in [7, 11) is 0. The molecule has 3 nitrogen and oxygen atoms in total. The van der Waals surface area contributed by atoms with Crippen LogP contribution in [0.2, 0.25) is 0 Å². The normalized spacial score (nSPS) is 20.3. The number of hydrogen-bond acceptors (Lipinski definition) is 2. The molecule has 2 rings (SSSR count). The van der Waals surface area contributed by atoms with Crippen LogP contribution in [0.25, 0.3) is 0 Å². The average Bonchev–Trinajstić information content (AvgIpc) is 2.59. The first kappa shape index (κ1) is 10.7. The molecule has 0 fully saturated rings. The topological polar surface area (TPSA) is 43.8 Å². The molecule has 1 aliphatic rings. The summed E-state index contributed by atoms with van der Waals surface area (Å²) in [6.45, 7) is 6.23. The van der Waals surface area contributed by atoms with Crippen molar-refractivity contribution in [2.45, 2.75) is 58.5 Å². The lowest BCUT2D eigenvalue weighted by Crippen LogP contribution is -2.17. The number of rotatable bonds is 3.